The number of anilines is 3. The van der Waals surface area contributed by atoms with Crippen molar-refractivity contribution in [2.75, 3.05) is 28.6 Å². The summed E-state index contributed by atoms with van der Waals surface area (Å²) in [5.74, 6) is 0.622. The van der Waals surface area contributed by atoms with Crippen LogP contribution in [0.5, 0.6) is 11.8 Å². The average molecular weight is 446 g/mol. The minimum atomic E-state index is -0.411. The molecule has 1 aliphatic rings. The van der Waals surface area contributed by atoms with Gasteiger partial charge in [-0.25, -0.2) is 19.7 Å². The van der Waals surface area contributed by atoms with Crippen LogP contribution in [0.2, 0.25) is 0 Å². The van der Waals surface area contributed by atoms with Crippen molar-refractivity contribution < 1.29 is 9.53 Å². The van der Waals surface area contributed by atoms with Crippen molar-refractivity contribution in [1.29, 1.82) is 0 Å². The average Bonchev–Trinajstić information content (AvgIpc) is 3.24. The van der Waals surface area contributed by atoms with E-state index < -0.39 is 6.03 Å². The van der Waals surface area contributed by atoms with Crippen molar-refractivity contribution in [3.63, 3.8) is 0 Å². The minimum Gasteiger partial charge on any atom is -0.424 e. The highest BCUT2D eigenvalue weighted by molar-refractivity contribution is 7.18. The molecular formula is C22H19N7O2S. The van der Waals surface area contributed by atoms with Crippen LogP contribution in [0.25, 0.3) is 10.4 Å². The molecule has 0 spiro atoms. The molecule has 4 heterocycles. The van der Waals surface area contributed by atoms with Crippen LogP contribution in [-0.2, 0) is 0 Å². The van der Waals surface area contributed by atoms with E-state index >= 15 is 0 Å². The first-order valence-corrected chi connectivity index (χ1v) is 10.8. The summed E-state index contributed by atoms with van der Waals surface area (Å²) in [7, 11) is 0. The van der Waals surface area contributed by atoms with Crippen molar-refractivity contribution in [2.45, 2.75) is 6.42 Å². The van der Waals surface area contributed by atoms with Crippen molar-refractivity contribution in [2.24, 2.45) is 0 Å². The van der Waals surface area contributed by atoms with E-state index in [1.165, 1.54) is 18.8 Å². The van der Waals surface area contributed by atoms with E-state index in [-0.39, 0.29) is 6.01 Å². The van der Waals surface area contributed by atoms with Gasteiger partial charge in [0.15, 0.2) is 5.13 Å². The zero-order chi connectivity index (χ0) is 21.8. The fourth-order valence-corrected chi connectivity index (χ4v) is 3.98. The van der Waals surface area contributed by atoms with E-state index in [4.69, 9.17) is 4.74 Å². The SMILES string of the molecule is O=C(Nc1cccnc1)Nc1cnc(Oc2ccc(-c3cnc(N4CCC4)s3)cc2)nc1. The zero-order valence-corrected chi connectivity index (χ0v) is 17.7. The molecule has 0 atom stereocenters. The lowest BCUT2D eigenvalue weighted by atomic mass is 10.2. The molecule has 0 radical (unpaired) electrons. The molecule has 10 heteroatoms. The Bertz CT molecular complexity index is 1190. The van der Waals surface area contributed by atoms with Crippen molar-refractivity contribution >= 4 is 33.9 Å². The Labute approximate surface area is 188 Å². The minimum absolute atomic E-state index is 0.189. The van der Waals surface area contributed by atoms with Crippen LogP contribution in [-0.4, -0.2) is 39.1 Å². The molecule has 1 aliphatic heterocycles. The number of rotatable bonds is 6. The molecule has 4 aromatic rings. The van der Waals surface area contributed by atoms with E-state index in [1.54, 1.807) is 35.9 Å². The third kappa shape index (κ3) is 4.65. The third-order valence-corrected chi connectivity index (χ3v) is 5.88. The first-order chi connectivity index (χ1) is 15.7. The quantitative estimate of drug-likeness (QED) is 0.445. The van der Waals surface area contributed by atoms with Gasteiger partial charge in [0.05, 0.1) is 34.8 Å². The molecule has 5 rings (SSSR count). The van der Waals surface area contributed by atoms with Gasteiger partial charge in [0.25, 0.3) is 0 Å². The second kappa shape index (κ2) is 8.98. The number of nitrogens with one attached hydrogen (secondary N) is 2. The summed E-state index contributed by atoms with van der Waals surface area (Å²) in [6.07, 6.45) is 9.29. The first kappa shape index (κ1) is 19.9. The zero-order valence-electron chi connectivity index (χ0n) is 16.9. The number of hydrogen-bond acceptors (Lipinski definition) is 8. The van der Waals surface area contributed by atoms with Gasteiger partial charge < -0.3 is 20.3 Å². The molecule has 9 nitrogen and oxygen atoms in total. The van der Waals surface area contributed by atoms with E-state index in [0.29, 0.717) is 17.1 Å². The van der Waals surface area contributed by atoms with Crippen LogP contribution in [0.1, 0.15) is 6.42 Å². The number of pyridine rings is 1. The van der Waals surface area contributed by atoms with Crippen LogP contribution in [0, 0.1) is 0 Å². The molecule has 1 fully saturated rings. The number of nitrogens with zero attached hydrogens (tertiary/aromatic N) is 5. The van der Waals surface area contributed by atoms with Gasteiger partial charge in [-0.2, -0.15) is 0 Å². The molecule has 160 valence electrons. The highest BCUT2D eigenvalue weighted by Crippen LogP contribution is 2.34. The number of benzene rings is 1. The van der Waals surface area contributed by atoms with E-state index in [0.717, 1.165) is 28.7 Å². The number of amides is 2. The molecule has 3 aromatic heterocycles. The number of carbonyl (C=O) groups excluding carboxylic acids is 1. The summed E-state index contributed by atoms with van der Waals surface area (Å²) >= 11 is 1.69. The van der Waals surface area contributed by atoms with Crippen LogP contribution < -0.4 is 20.3 Å². The maximum atomic E-state index is 12.0. The molecule has 2 amide bonds. The van der Waals surface area contributed by atoms with Gasteiger partial charge in [-0.15, -0.1) is 0 Å². The maximum Gasteiger partial charge on any atom is 0.323 e. The van der Waals surface area contributed by atoms with E-state index in [9.17, 15) is 4.79 Å². The van der Waals surface area contributed by atoms with Crippen LogP contribution >= 0.6 is 11.3 Å². The Balaban J connectivity index is 1.17. The summed E-state index contributed by atoms with van der Waals surface area (Å²) in [4.78, 5) is 32.2. The lowest BCUT2D eigenvalue weighted by Crippen LogP contribution is -2.36. The fraction of sp³-hybridized carbons (Fsp3) is 0.136. The Morgan fingerprint density at radius 2 is 1.72 bits per heavy atom. The molecule has 0 bridgehead atoms. The highest BCUT2D eigenvalue weighted by atomic mass is 32.1. The highest BCUT2D eigenvalue weighted by Gasteiger charge is 2.18. The molecule has 0 saturated carbocycles. The van der Waals surface area contributed by atoms with E-state index in [1.807, 2.05) is 30.5 Å². The van der Waals surface area contributed by atoms with Gasteiger partial charge in [0, 0.05) is 25.5 Å². The number of urea groups is 1. The number of ether oxygens (including phenoxy) is 1. The molecule has 1 saturated heterocycles. The van der Waals surface area contributed by atoms with Gasteiger partial charge in [0.1, 0.15) is 5.75 Å². The summed E-state index contributed by atoms with van der Waals surface area (Å²) in [6, 6.07) is 11.0. The monoisotopic (exact) mass is 445 g/mol. The van der Waals surface area contributed by atoms with Gasteiger partial charge >= 0.3 is 12.0 Å². The normalized spacial score (nSPS) is 12.7. The van der Waals surface area contributed by atoms with Crippen LogP contribution in [0.4, 0.5) is 21.3 Å². The van der Waals surface area contributed by atoms with Gasteiger partial charge in [-0.1, -0.05) is 11.3 Å². The molecular weight excluding hydrogens is 426 g/mol. The molecule has 2 N–H and O–H groups in total. The molecule has 32 heavy (non-hydrogen) atoms. The number of aromatic nitrogens is 4. The van der Waals surface area contributed by atoms with Gasteiger partial charge in [-0.3, -0.25) is 4.98 Å². The van der Waals surface area contributed by atoms with Crippen molar-refractivity contribution in [3.8, 4) is 22.2 Å². The number of carbonyl (C=O) groups is 1. The van der Waals surface area contributed by atoms with Crippen LogP contribution in [0.3, 0.4) is 0 Å². The van der Waals surface area contributed by atoms with Crippen molar-refractivity contribution in [1.82, 2.24) is 19.9 Å². The summed E-state index contributed by atoms with van der Waals surface area (Å²) < 4.78 is 5.72. The predicted octanol–water partition coefficient (Wildman–Crippen LogP) is 4.64. The predicted molar refractivity (Wildman–Crippen MR) is 123 cm³/mol. The Hall–Kier alpha value is -4.05. The second-order valence-corrected chi connectivity index (χ2v) is 8.06. The molecule has 0 unspecified atom stereocenters. The second-order valence-electron chi connectivity index (χ2n) is 7.05. The largest absolute Gasteiger partial charge is 0.424 e. The first-order valence-electron chi connectivity index (χ1n) is 10.0. The summed E-state index contributed by atoms with van der Waals surface area (Å²) in [6.45, 7) is 2.17. The number of hydrogen-bond donors (Lipinski definition) is 2. The Kier molecular flexibility index (Phi) is 5.58. The standard InChI is InChI=1S/C22H19N7O2S/c30-20(27-16-3-1-8-23-11-16)28-17-12-24-21(25-13-17)31-18-6-4-15(5-7-18)19-14-26-22(32-19)29-9-2-10-29/h1,3-8,11-14H,2,9-10H2,(H2,27,28,30). The lowest BCUT2D eigenvalue weighted by Gasteiger charge is -2.30. The Morgan fingerprint density at radius 3 is 2.41 bits per heavy atom. The maximum absolute atomic E-state index is 12.0. The molecule has 1 aromatic carbocycles. The fourth-order valence-electron chi connectivity index (χ4n) is 3.01. The smallest absolute Gasteiger partial charge is 0.323 e. The topological polar surface area (TPSA) is 105 Å². The summed E-state index contributed by atoms with van der Waals surface area (Å²) in [5.41, 5.74) is 2.11. The van der Waals surface area contributed by atoms with Crippen molar-refractivity contribution in [3.05, 3.63) is 67.4 Å². The third-order valence-electron chi connectivity index (χ3n) is 4.77. The molecule has 0 aliphatic carbocycles. The van der Waals surface area contributed by atoms with Gasteiger partial charge in [0.2, 0.25) is 0 Å². The number of thiazole rings is 1. The summed E-state index contributed by atoms with van der Waals surface area (Å²) in [5, 5.41) is 6.40. The Morgan fingerprint density at radius 1 is 0.938 bits per heavy atom. The van der Waals surface area contributed by atoms with Crippen LogP contribution in [0.15, 0.2) is 67.4 Å². The van der Waals surface area contributed by atoms with Gasteiger partial charge in [-0.05, 0) is 48.4 Å². The van der Waals surface area contributed by atoms with E-state index in [2.05, 4.69) is 35.5 Å². The lowest BCUT2D eigenvalue weighted by molar-refractivity contribution is 0.262.